The average molecular weight is 361 g/mol. The molecular weight excluding hydrogens is 328 g/mol. The number of aliphatic imine (C=N–C) groups is 1. The Hall–Kier alpha value is -2.08. The van der Waals surface area contributed by atoms with Crippen molar-refractivity contribution in [1.29, 1.82) is 0 Å². The Balaban J connectivity index is 1.71. The van der Waals surface area contributed by atoms with E-state index in [0.29, 0.717) is 13.0 Å². The fraction of sp³-hybridized carbons (Fsp3) is 0.600. The number of hydrogen-bond acceptors (Lipinski definition) is 3. The fourth-order valence-electron chi connectivity index (χ4n) is 3.02. The Morgan fingerprint density at radius 2 is 2.08 bits per heavy atom. The molecule has 0 saturated heterocycles. The number of nitrogens with zero attached hydrogens (tertiary/aromatic N) is 2. The van der Waals surface area contributed by atoms with Crippen molar-refractivity contribution in [3.8, 4) is 0 Å². The van der Waals surface area contributed by atoms with Crippen LogP contribution < -0.4 is 15.5 Å². The lowest BCUT2D eigenvalue weighted by atomic mass is 10.2. The number of ether oxygens (including phenoxy) is 1. The lowest BCUT2D eigenvalue weighted by molar-refractivity contribution is -0.118. The first-order valence-corrected chi connectivity index (χ1v) is 9.74. The molecule has 1 amide bonds. The van der Waals surface area contributed by atoms with Gasteiger partial charge in [-0.15, -0.1) is 0 Å². The molecule has 2 rings (SSSR count). The van der Waals surface area contributed by atoms with Gasteiger partial charge in [-0.3, -0.25) is 9.79 Å². The van der Waals surface area contributed by atoms with E-state index in [4.69, 9.17) is 4.74 Å². The summed E-state index contributed by atoms with van der Waals surface area (Å²) >= 11 is 0. The van der Waals surface area contributed by atoms with Gasteiger partial charge in [-0.25, -0.2) is 0 Å². The van der Waals surface area contributed by atoms with Crippen LogP contribution in [0.5, 0.6) is 0 Å². The predicted octanol–water partition coefficient (Wildman–Crippen LogP) is 2.34. The second kappa shape index (κ2) is 11.5. The van der Waals surface area contributed by atoms with Crippen molar-refractivity contribution >= 4 is 17.6 Å². The standard InChI is InChI=1S/C20H32N4O2/c1-3-21-20(23-14-8-16-26-4-2)22-13-7-11-19(25)24-15-12-17-9-5-6-10-18(17)24/h5-6,9-10H,3-4,7-8,11-16H2,1-2H3,(H2,21,22,23). The third-order valence-corrected chi connectivity index (χ3v) is 4.31. The highest BCUT2D eigenvalue weighted by atomic mass is 16.5. The van der Waals surface area contributed by atoms with Crippen LogP contribution in [0.1, 0.15) is 38.7 Å². The molecule has 0 atom stereocenters. The zero-order valence-electron chi connectivity index (χ0n) is 16.1. The van der Waals surface area contributed by atoms with E-state index in [1.165, 1.54) is 5.56 Å². The van der Waals surface area contributed by atoms with E-state index in [1.54, 1.807) is 0 Å². The Bertz CT molecular complexity index is 589. The average Bonchev–Trinajstić information content (AvgIpc) is 3.09. The molecule has 0 unspecified atom stereocenters. The third-order valence-electron chi connectivity index (χ3n) is 4.31. The first-order chi connectivity index (χ1) is 12.8. The molecular formula is C20H32N4O2. The van der Waals surface area contributed by atoms with Crippen LogP contribution in [0.25, 0.3) is 0 Å². The van der Waals surface area contributed by atoms with Crippen molar-refractivity contribution < 1.29 is 9.53 Å². The minimum atomic E-state index is 0.194. The van der Waals surface area contributed by atoms with E-state index in [9.17, 15) is 4.79 Å². The number of carbonyl (C=O) groups is 1. The summed E-state index contributed by atoms with van der Waals surface area (Å²) in [6.07, 6.45) is 3.19. The summed E-state index contributed by atoms with van der Waals surface area (Å²) in [6.45, 7) is 8.65. The summed E-state index contributed by atoms with van der Waals surface area (Å²) in [7, 11) is 0. The number of anilines is 1. The number of benzene rings is 1. The zero-order valence-corrected chi connectivity index (χ0v) is 16.1. The summed E-state index contributed by atoms with van der Waals surface area (Å²) in [5, 5.41) is 6.53. The Morgan fingerprint density at radius 1 is 1.23 bits per heavy atom. The maximum absolute atomic E-state index is 12.5. The minimum Gasteiger partial charge on any atom is -0.382 e. The Labute approximate surface area is 157 Å². The van der Waals surface area contributed by atoms with Crippen molar-refractivity contribution in [3.63, 3.8) is 0 Å². The van der Waals surface area contributed by atoms with E-state index in [0.717, 1.165) is 63.8 Å². The molecule has 6 heteroatoms. The van der Waals surface area contributed by atoms with Crippen molar-refractivity contribution in [1.82, 2.24) is 10.6 Å². The molecule has 1 heterocycles. The number of hydrogen-bond donors (Lipinski definition) is 2. The van der Waals surface area contributed by atoms with Crippen LogP contribution in [0.2, 0.25) is 0 Å². The summed E-state index contributed by atoms with van der Waals surface area (Å²) in [5.41, 5.74) is 2.34. The second-order valence-corrected chi connectivity index (χ2v) is 6.27. The van der Waals surface area contributed by atoms with Crippen molar-refractivity contribution in [3.05, 3.63) is 29.8 Å². The quantitative estimate of drug-likeness (QED) is 0.382. The number of fused-ring (bicyclic) bond motifs is 1. The number of rotatable bonds is 10. The topological polar surface area (TPSA) is 66.0 Å². The maximum atomic E-state index is 12.5. The van der Waals surface area contributed by atoms with Gasteiger partial charge in [0.2, 0.25) is 5.91 Å². The molecule has 0 radical (unpaired) electrons. The molecule has 0 saturated carbocycles. The third kappa shape index (κ3) is 6.33. The predicted molar refractivity (Wildman–Crippen MR) is 107 cm³/mol. The van der Waals surface area contributed by atoms with Gasteiger partial charge in [0.1, 0.15) is 0 Å². The highest BCUT2D eigenvalue weighted by molar-refractivity contribution is 5.95. The van der Waals surface area contributed by atoms with Crippen molar-refractivity contribution in [2.75, 3.05) is 44.3 Å². The van der Waals surface area contributed by atoms with Crippen LogP contribution in [0.3, 0.4) is 0 Å². The van der Waals surface area contributed by atoms with Crippen molar-refractivity contribution in [2.24, 2.45) is 4.99 Å². The largest absolute Gasteiger partial charge is 0.382 e. The van der Waals surface area contributed by atoms with Crippen LogP contribution in [-0.4, -0.2) is 51.3 Å². The summed E-state index contributed by atoms with van der Waals surface area (Å²) < 4.78 is 5.33. The van der Waals surface area contributed by atoms with E-state index in [2.05, 4.69) is 21.7 Å². The Morgan fingerprint density at radius 3 is 2.88 bits per heavy atom. The maximum Gasteiger partial charge on any atom is 0.227 e. The molecule has 2 N–H and O–H groups in total. The Kier molecular flexibility index (Phi) is 8.96. The van der Waals surface area contributed by atoms with Gasteiger partial charge >= 0.3 is 0 Å². The number of nitrogens with one attached hydrogen (secondary N) is 2. The van der Waals surface area contributed by atoms with Gasteiger partial charge in [-0.05, 0) is 44.7 Å². The minimum absolute atomic E-state index is 0.194. The number of amides is 1. The first kappa shape index (κ1) is 20.2. The highest BCUT2D eigenvalue weighted by Gasteiger charge is 2.23. The van der Waals surface area contributed by atoms with Gasteiger partial charge in [-0.1, -0.05) is 18.2 Å². The molecule has 1 aromatic rings. The molecule has 0 spiro atoms. The molecule has 1 aliphatic heterocycles. The van der Waals surface area contributed by atoms with Gasteiger partial charge in [0, 0.05) is 51.5 Å². The van der Waals surface area contributed by atoms with E-state index >= 15 is 0 Å². The van der Waals surface area contributed by atoms with Crippen LogP contribution in [0.4, 0.5) is 5.69 Å². The van der Waals surface area contributed by atoms with Crippen LogP contribution in [0, 0.1) is 0 Å². The first-order valence-electron chi connectivity index (χ1n) is 9.74. The number of para-hydroxylation sites is 1. The highest BCUT2D eigenvalue weighted by Crippen LogP contribution is 2.27. The van der Waals surface area contributed by atoms with E-state index in [1.807, 2.05) is 36.9 Å². The van der Waals surface area contributed by atoms with Gasteiger partial charge in [-0.2, -0.15) is 0 Å². The zero-order chi connectivity index (χ0) is 18.6. The second-order valence-electron chi connectivity index (χ2n) is 6.27. The number of carbonyl (C=O) groups excluding carboxylic acids is 1. The molecule has 1 aliphatic rings. The molecule has 6 nitrogen and oxygen atoms in total. The summed E-state index contributed by atoms with van der Waals surface area (Å²) in [5.74, 6) is 1.00. The normalized spacial score (nSPS) is 13.6. The van der Waals surface area contributed by atoms with Gasteiger partial charge in [0.15, 0.2) is 5.96 Å². The summed E-state index contributed by atoms with van der Waals surface area (Å²) in [6, 6.07) is 8.17. The molecule has 0 bridgehead atoms. The van der Waals surface area contributed by atoms with Gasteiger partial charge in [0.05, 0.1) is 0 Å². The van der Waals surface area contributed by atoms with E-state index < -0.39 is 0 Å². The smallest absolute Gasteiger partial charge is 0.227 e. The van der Waals surface area contributed by atoms with Crippen LogP contribution >= 0.6 is 0 Å². The molecule has 0 fully saturated rings. The monoisotopic (exact) mass is 360 g/mol. The molecule has 144 valence electrons. The molecule has 26 heavy (non-hydrogen) atoms. The summed E-state index contributed by atoms with van der Waals surface area (Å²) in [4.78, 5) is 19.0. The SMILES string of the molecule is CCNC(=NCCCC(=O)N1CCc2ccccc21)NCCCOCC. The van der Waals surface area contributed by atoms with Crippen molar-refractivity contribution in [2.45, 2.75) is 39.5 Å². The van der Waals surface area contributed by atoms with Gasteiger partial charge in [0.25, 0.3) is 0 Å². The van der Waals surface area contributed by atoms with Crippen LogP contribution in [-0.2, 0) is 16.0 Å². The molecule has 0 aliphatic carbocycles. The lowest BCUT2D eigenvalue weighted by Crippen LogP contribution is -2.38. The van der Waals surface area contributed by atoms with Gasteiger partial charge < -0.3 is 20.3 Å². The van der Waals surface area contributed by atoms with E-state index in [-0.39, 0.29) is 5.91 Å². The van der Waals surface area contributed by atoms with Crippen LogP contribution in [0.15, 0.2) is 29.3 Å². The fourth-order valence-corrected chi connectivity index (χ4v) is 3.02. The molecule has 1 aromatic carbocycles. The number of guanidine groups is 1. The lowest BCUT2D eigenvalue weighted by Gasteiger charge is -2.17. The molecule has 0 aromatic heterocycles.